The molecule has 0 fully saturated rings. The summed E-state index contributed by atoms with van der Waals surface area (Å²) in [5, 5.41) is 0.0638. The van der Waals surface area contributed by atoms with Gasteiger partial charge in [-0.15, -0.1) is 0 Å². The van der Waals surface area contributed by atoms with Crippen molar-refractivity contribution in [2.75, 3.05) is 13.2 Å². The maximum Gasteiger partial charge on any atom is 0.305 e. The number of carbonyl (C=O) groups excluding carboxylic acids is 2. The summed E-state index contributed by atoms with van der Waals surface area (Å²) >= 11 is 0. The standard InChI is InChI=1S/C29H56O5Si/c1-8-9-10-11-12-13-14-15-16-17-18-19-20-21-22-23-28(31)32-24-27(34-26(2)30)25-33-35(6,7)29(3,4)5/h15-16,27H,8-14,17-25H2,1-7H3/b16-15-/t27-/m0/s1. The summed E-state index contributed by atoms with van der Waals surface area (Å²) < 4.78 is 16.8. The summed E-state index contributed by atoms with van der Waals surface area (Å²) in [6, 6.07) is 0. The highest BCUT2D eigenvalue weighted by Gasteiger charge is 2.38. The first-order chi connectivity index (χ1) is 16.5. The third-order valence-corrected chi connectivity index (χ3v) is 11.3. The van der Waals surface area contributed by atoms with Crippen molar-refractivity contribution in [3.05, 3.63) is 12.2 Å². The molecule has 0 saturated heterocycles. The maximum atomic E-state index is 12.1. The molecule has 0 radical (unpaired) electrons. The van der Waals surface area contributed by atoms with Gasteiger partial charge < -0.3 is 13.9 Å². The zero-order chi connectivity index (χ0) is 26.6. The zero-order valence-corrected chi connectivity index (χ0v) is 25.1. The summed E-state index contributed by atoms with van der Waals surface area (Å²) in [6.45, 7) is 14.7. The van der Waals surface area contributed by atoms with Crippen molar-refractivity contribution in [1.29, 1.82) is 0 Å². The van der Waals surface area contributed by atoms with Crippen molar-refractivity contribution >= 4 is 20.3 Å². The van der Waals surface area contributed by atoms with Crippen molar-refractivity contribution < 1.29 is 23.5 Å². The summed E-state index contributed by atoms with van der Waals surface area (Å²) in [4.78, 5) is 23.6. The average Bonchev–Trinajstić information content (AvgIpc) is 2.77. The van der Waals surface area contributed by atoms with Gasteiger partial charge in [0.15, 0.2) is 14.4 Å². The molecule has 0 aliphatic rings. The van der Waals surface area contributed by atoms with Crippen LogP contribution < -0.4 is 0 Å². The van der Waals surface area contributed by atoms with Crippen LogP contribution >= 0.6 is 0 Å². The Labute approximate surface area is 217 Å². The van der Waals surface area contributed by atoms with E-state index in [0.717, 1.165) is 25.7 Å². The SMILES string of the molecule is CCCCCCCC/C=C\CCCCCCCC(=O)OC[C@@H](CO[Si](C)(C)C(C)(C)C)OC(C)=O. The second-order valence-electron chi connectivity index (χ2n) is 11.3. The molecule has 0 saturated carbocycles. The van der Waals surface area contributed by atoms with Gasteiger partial charge in [-0.1, -0.05) is 91.2 Å². The number of unbranched alkanes of at least 4 members (excludes halogenated alkanes) is 11. The molecule has 0 heterocycles. The van der Waals surface area contributed by atoms with Gasteiger partial charge in [-0.25, -0.2) is 0 Å². The summed E-state index contributed by atoms with van der Waals surface area (Å²) in [5.74, 6) is -0.616. The Hall–Kier alpha value is -1.14. The summed E-state index contributed by atoms with van der Waals surface area (Å²) in [5.41, 5.74) is 0. The molecule has 0 aliphatic heterocycles. The van der Waals surface area contributed by atoms with E-state index in [0.29, 0.717) is 6.42 Å². The Morgan fingerprint density at radius 2 is 1.31 bits per heavy atom. The molecule has 0 bridgehead atoms. The van der Waals surface area contributed by atoms with Gasteiger partial charge in [-0.3, -0.25) is 9.59 Å². The van der Waals surface area contributed by atoms with Crippen LogP contribution in [0.15, 0.2) is 12.2 Å². The predicted molar refractivity (Wildman–Crippen MR) is 149 cm³/mol. The Bertz CT molecular complexity index is 580. The van der Waals surface area contributed by atoms with Crippen LogP contribution in [0.3, 0.4) is 0 Å². The van der Waals surface area contributed by atoms with Crippen molar-refractivity contribution in [3.63, 3.8) is 0 Å². The van der Waals surface area contributed by atoms with Crippen molar-refractivity contribution in [2.24, 2.45) is 0 Å². The molecule has 1 atom stereocenters. The molecular formula is C29H56O5Si. The molecule has 0 aromatic heterocycles. The van der Waals surface area contributed by atoms with E-state index in [-0.39, 0.29) is 30.2 Å². The molecule has 206 valence electrons. The van der Waals surface area contributed by atoms with Crippen LogP contribution in [0.2, 0.25) is 18.1 Å². The molecular weight excluding hydrogens is 456 g/mol. The number of ether oxygens (including phenoxy) is 2. The summed E-state index contributed by atoms with van der Waals surface area (Å²) in [6.07, 6.45) is 20.5. The van der Waals surface area contributed by atoms with Crippen LogP contribution in [0, 0.1) is 0 Å². The van der Waals surface area contributed by atoms with E-state index in [1.165, 1.54) is 64.7 Å². The average molecular weight is 513 g/mol. The van der Waals surface area contributed by atoms with Gasteiger partial charge in [0.2, 0.25) is 0 Å². The maximum absolute atomic E-state index is 12.1. The first-order valence-corrected chi connectivity index (χ1v) is 17.0. The number of hydrogen-bond acceptors (Lipinski definition) is 5. The smallest absolute Gasteiger partial charge is 0.305 e. The molecule has 0 N–H and O–H groups in total. The van der Waals surface area contributed by atoms with E-state index in [2.05, 4.69) is 52.9 Å². The zero-order valence-electron chi connectivity index (χ0n) is 24.1. The highest BCUT2D eigenvalue weighted by molar-refractivity contribution is 6.74. The summed E-state index contributed by atoms with van der Waals surface area (Å²) in [7, 11) is -1.97. The quantitative estimate of drug-likeness (QED) is 0.0667. The second kappa shape index (κ2) is 20.0. The fourth-order valence-electron chi connectivity index (χ4n) is 3.47. The van der Waals surface area contributed by atoms with Crippen molar-refractivity contribution in [1.82, 2.24) is 0 Å². The second-order valence-corrected chi connectivity index (χ2v) is 16.1. The molecule has 0 unspecified atom stereocenters. The van der Waals surface area contributed by atoms with E-state index >= 15 is 0 Å². The molecule has 0 aromatic carbocycles. The van der Waals surface area contributed by atoms with Gasteiger partial charge in [0.1, 0.15) is 6.61 Å². The van der Waals surface area contributed by atoms with Gasteiger partial charge in [0.05, 0.1) is 6.61 Å². The molecule has 0 aliphatic carbocycles. The van der Waals surface area contributed by atoms with Gasteiger partial charge in [-0.2, -0.15) is 0 Å². The van der Waals surface area contributed by atoms with Crippen LogP contribution in [0.25, 0.3) is 0 Å². The fourth-order valence-corrected chi connectivity index (χ4v) is 4.50. The third-order valence-electron chi connectivity index (χ3n) is 6.84. The molecule has 0 aromatic rings. The normalized spacial score (nSPS) is 13.2. The fraction of sp³-hybridized carbons (Fsp3) is 0.862. The lowest BCUT2D eigenvalue weighted by Gasteiger charge is -2.37. The van der Waals surface area contributed by atoms with Crippen LogP contribution in [-0.2, 0) is 23.5 Å². The van der Waals surface area contributed by atoms with Crippen molar-refractivity contribution in [2.45, 2.75) is 149 Å². The first-order valence-electron chi connectivity index (χ1n) is 14.1. The number of carbonyl (C=O) groups is 2. The van der Waals surface area contributed by atoms with E-state index in [1.54, 1.807) is 0 Å². The highest BCUT2D eigenvalue weighted by Crippen LogP contribution is 2.36. The third kappa shape index (κ3) is 19.7. The number of hydrogen-bond donors (Lipinski definition) is 0. The Morgan fingerprint density at radius 3 is 1.83 bits per heavy atom. The van der Waals surface area contributed by atoms with E-state index in [4.69, 9.17) is 13.9 Å². The van der Waals surface area contributed by atoms with Crippen LogP contribution in [-0.4, -0.2) is 39.6 Å². The van der Waals surface area contributed by atoms with E-state index < -0.39 is 14.4 Å². The van der Waals surface area contributed by atoms with Gasteiger partial charge in [0.25, 0.3) is 0 Å². The number of esters is 2. The predicted octanol–water partition coefficient (Wildman–Crippen LogP) is 8.52. The molecule has 0 rings (SSSR count). The molecule has 6 heteroatoms. The van der Waals surface area contributed by atoms with Crippen LogP contribution in [0.1, 0.15) is 125 Å². The van der Waals surface area contributed by atoms with Gasteiger partial charge in [0, 0.05) is 13.3 Å². The topological polar surface area (TPSA) is 61.8 Å². The lowest BCUT2D eigenvalue weighted by Crippen LogP contribution is -2.44. The highest BCUT2D eigenvalue weighted by atomic mass is 28.4. The minimum absolute atomic E-state index is 0.0537. The van der Waals surface area contributed by atoms with Crippen LogP contribution in [0.5, 0.6) is 0 Å². The lowest BCUT2D eigenvalue weighted by atomic mass is 10.1. The van der Waals surface area contributed by atoms with E-state index in [1.807, 2.05) is 0 Å². The Morgan fingerprint density at radius 1 is 0.800 bits per heavy atom. The van der Waals surface area contributed by atoms with Gasteiger partial charge in [-0.05, 0) is 50.2 Å². The molecule has 0 amide bonds. The minimum Gasteiger partial charge on any atom is -0.462 e. The van der Waals surface area contributed by atoms with Crippen molar-refractivity contribution in [3.8, 4) is 0 Å². The largest absolute Gasteiger partial charge is 0.462 e. The molecule has 0 spiro atoms. The van der Waals surface area contributed by atoms with Gasteiger partial charge >= 0.3 is 11.9 Å². The minimum atomic E-state index is -1.97. The first kappa shape index (κ1) is 33.9. The molecule has 5 nitrogen and oxygen atoms in total. The van der Waals surface area contributed by atoms with E-state index in [9.17, 15) is 9.59 Å². The monoisotopic (exact) mass is 512 g/mol. The Balaban J connectivity index is 3.87. The number of allylic oxidation sites excluding steroid dienone is 2. The Kier molecular flexibility index (Phi) is 19.3. The lowest BCUT2D eigenvalue weighted by molar-refractivity contribution is -0.159. The molecule has 35 heavy (non-hydrogen) atoms. The number of rotatable bonds is 21. The van der Waals surface area contributed by atoms with Crippen LogP contribution in [0.4, 0.5) is 0 Å².